The minimum absolute atomic E-state index is 0.193. The van der Waals surface area contributed by atoms with Crippen molar-refractivity contribution in [2.45, 2.75) is 102 Å². The topological polar surface area (TPSA) is 18.5 Å². The second-order valence-electron chi connectivity index (χ2n) is 14.1. The summed E-state index contributed by atoms with van der Waals surface area (Å²) < 4.78 is 13.9. The van der Waals surface area contributed by atoms with Gasteiger partial charge in [-0.15, -0.1) is 0 Å². The molecule has 2 aliphatic carbocycles. The van der Waals surface area contributed by atoms with Gasteiger partial charge in [0.15, 0.2) is 0 Å². The standard InChI is InChI=1S/C32H48O2Si3/c1-31(2,3)36(7,8)33-29-19-23-15-11-13-17-25(23)27(29)21-35-22-28-26-18-14-12-16-24(26)20-30(28)34-37(9,10)32(4,5)6/h11-20,27-28H,21-22,35H2,1-10H3. The van der Waals surface area contributed by atoms with E-state index in [4.69, 9.17) is 8.85 Å². The molecule has 0 saturated carbocycles. The molecule has 2 nitrogen and oxygen atoms in total. The molecule has 0 N–H and O–H groups in total. The van der Waals surface area contributed by atoms with Gasteiger partial charge in [-0.2, -0.15) is 0 Å². The molecule has 0 heterocycles. The minimum Gasteiger partial charge on any atom is -0.546 e. The van der Waals surface area contributed by atoms with Gasteiger partial charge in [0.1, 0.15) is 0 Å². The number of fused-ring (bicyclic) bond motifs is 2. The third-order valence-corrected chi connectivity index (χ3v) is 20.1. The van der Waals surface area contributed by atoms with Crippen molar-refractivity contribution in [3.63, 3.8) is 0 Å². The maximum absolute atomic E-state index is 6.95. The minimum atomic E-state index is -1.90. The van der Waals surface area contributed by atoms with E-state index in [0.717, 1.165) is 0 Å². The third kappa shape index (κ3) is 5.79. The average molecular weight is 549 g/mol. The van der Waals surface area contributed by atoms with Crippen molar-refractivity contribution in [2.24, 2.45) is 0 Å². The van der Waals surface area contributed by atoms with E-state index in [0.29, 0.717) is 11.8 Å². The highest BCUT2D eigenvalue weighted by Gasteiger charge is 2.43. The summed E-state index contributed by atoms with van der Waals surface area (Å²) in [5.74, 6) is 3.26. The molecule has 0 amide bonds. The van der Waals surface area contributed by atoms with Crippen LogP contribution in [0.3, 0.4) is 0 Å². The molecule has 5 heteroatoms. The van der Waals surface area contributed by atoms with E-state index in [1.54, 1.807) is 0 Å². The van der Waals surface area contributed by atoms with Crippen LogP contribution in [0.15, 0.2) is 60.0 Å². The summed E-state index contributed by atoms with van der Waals surface area (Å²) in [5.41, 5.74) is 5.62. The summed E-state index contributed by atoms with van der Waals surface area (Å²) in [6.45, 7) is 23.5. The van der Waals surface area contributed by atoms with Gasteiger partial charge < -0.3 is 8.85 Å². The Balaban J connectivity index is 1.53. The first-order valence-electron chi connectivity index (χ1n) is 14.1. The van der Waals surface area contributed by atoms with Crippen LogP contribution < -0.4 is 0 Å². The van der Waals surface area contributed by atoms with Crippen molar-refractivity contribution in [3.05, 3.63) is 82.3 Å². The summed E-state index contributed by atoms with van der Waals surface area (Å²) in [5, 5.41) is 0.387. The van der Waals surface area contributed by atoms with Crippen LogP contribution in [-0.2, 0) is 8.85 Å². The fraction of sp³-hybridized carbons (Fsp3) is 0.500. The molecular weight excluding hydrogens is 501 g/mol. The Morgan fingerprint density at radius 3 is 1.32 bits per heavy atom. The summed E-state index contributed by atoms with van der Waals surface area (Å²) >= 11 is 0. The van der Waals surface area contributed by atoms with E-state index in [-0.39, 0.29) is 19.6 Å². The van der Waals surface area contributed by atoms with Crippen LogP contribution in [0, 0.1) is 0 Å². The average Bonchev–Trinajstić information content (AvgIpc) is 3.29. The molecule has 0 aliphatic heterocycles. The Kier molecular flexibility index (Phi) is 7.65. The Morgan fingerprint density at radius 1 is 0.622 bits per heavy atom. The second-order valence-corrected chi connectivity index (χ2v) is 25.4. The molecule has 2 unspecified atom stereocenters. The first-order chi connectivity index (χ1) is 17.1. The molecule has 2 atom stereocenters. The van der Waals surface area contributed by atoms with Crippen molar-refractivity contribution in [1.29, 1.82) is 0 Å². The highest BCUT2D eigenvalue weighted by molar-refractivity contribution is 6.74. The van der Waals surface area contributed by atoms with Crippen LogP contribution in [0.5, 0.6) is 0 Å². The van der Waals surface area contributed by atoms with Gasteiger partial charge >= 0.3 is 0 Å². The molecule has 0 bridgehead atoms. The lowest BCUT2D eigenvalue weighted by Gasteiger charge is -2.38. The van der Waals surface area contributed by atoms with Crippen LogP contribution in [0.2, 0.25) is 48.4 Å². The third-order valence-electron chi connectivity index (χ3n) is 9.37. The predicted molar refractivity (Wildman–Crippen MR) is 169 cm³/mol. The molecule has 0 fully saturated rings. The van der Waals surface area contributed by atoms with Crippen LogP contribution in [-0.4, -0.2) is 26.2 Å². The van der Waals surface area contributed by atoms with Gasteiger partial charge in [-0.3, -0.25) is 0 Å². The Hall–Kier alpha value is -1.83. The smallest absolute Gasteiger partial charge is 0.250 e. The van der Waals surface area contributed by atoms with Gasteiger partial charge in [0.25, 0.3) is 0 Å². The highest BCUT2D eigenvalue weighted by Crippen LogP contribution is 2.48. The monoisotopic (exact) mass is 548 g/mol. The quantitative estimate of drug-likeness (QED) is 0.306. The molecule has 0 radical (unpaired) electrons. The summed E-state index contributed by atoms with van der Waals surface area (Å²) in [6, 6.07) is 20.3. The van der Waals surface area contributed by atoms with Crippen LogP contribution in [0.1, 0.15) is 75.6 Å². The number of allylic oxidation sites excluding steroid dienone is 2. The number of hydrogen-bond donors (Lipinski definition) is 0. The molecule has 2 aromatic rings. The van der Waals surface area contributed by atoms with Crippen molar-refractivity contribution < 1.29 is 8.85 Å². The van der Waals surface area contributed by atoms with Gasteiger partial charge in [-0.05, 0) is 82.8 Å². The normalized spacial score (nSPS) is 20.1. The first kappa shape index (κ1) is 28.2. The van der Waals surface area contributed by atoms with Gasteiger partial charge in [0, 0.05) is 21.4 Å². The molecule has 200 valence electrons. The zero-order valence-corrected chi connectivity index (χ0v) is 28.3. The Labute approximate surface area is 230 Å². The molecular formula is C32H48O2Si3. The summed E-state index contributed by atoms with van der Waals surface area (Å²) in [4.78, 5) is 0. The van der Waals surface area contributed by atoms with Crippen molar-refractivity contribution >= 4 is 38.3 Å². The highest BCUT2D eigenvalue weighted by atomic mass is 28.4. The predicted octanol–water partition coefficient (Wildman–Crippen LogP) is 9.31. The fourth-order valence-corrected chi connectivity index (χ4v) is 9.39. The van der Waals surface area contributed by atoms with Gasteiger partial charge in [-0.25, -0.2) is 0 Å². The molecule has 37 heavy (non-hydrogen) atoms. The second kappa shape index (κ2) is 10.0. The molecule has 2 aliphatic rings. The van der Waals surface area contributed by atoms with E-state index >= 15 is 0 Å². The van der Waals surface area contributed by atoms with E-state index in [2.05, 4.69) is 128 Å². The van der Waals surface area contributed by atoms with E-state index < -0.39 is 16.6 Å². The van der Waals surface area contributed by atoms with E-state index in [1.165, 1.54) is 45.9 Å². The van der Waals surface area contributed by atoms with Gasteiger partial charge in [0.05, 0.1) is 11.5 Å². The SMILES string of the molecule is CC(C)(C)[Si](C)(C)OC1=Cc2ccccc2C1C[SiH2]CC1C(O[Si](C)(C)C(C)(C)C)=Cc2ccccc21. The molecule has 2 aromatic carbocycles. The molecule has 0 spiro atoms. The lowest BCUT2D eigenvalue weighted by Crippen LogP contribution is -2.41. The zero-order valence-electron chi connectivity index (χ0n) is 24.9. The van der Waals surface area contributed by atoms with Crippen molar-refractivity contribution in [3.8, 4) is 0 Å². The maximum Gasteiger partial charge on any atom is 0.250 e. The maximum atomic E-state index is 6.95. The largest absolute Gasteiger partial charge is 0.546 e. The Bertz CT molecular complexity index is 1100. The van der Waals surface area contributed by atoms with Crippen LogP contribution in [0.4, 0.5) is 0 Å². The van der Waals surface area contributed by atoms with Gasteiger partial charge in [-0.1, -0.05) is 90.1 Å². The van der Waals surface area contributed by atoms with Crippen molar-refractivity contribution in [1.82, 2.24) is 0 Å². The lowest BCUT2D eigenvalue weighted by atomic mass is 10.0. The van der Waals surface area contributed by atoms with Gasteiger partial charge in [0.2, 0.25) is 16.6 Å². The summed E-state index contributed by atoms with van der Waals surface area (Å²) in [6.07, 6.45) is 4.68. The van der Waals surface area contributed by atoms with Crippen LogP contribution >= 0.6 is 0 Å². The number of rotatable bonds is 8. The lowest BCUT2D eigenvalue weighted by molar-refractivity contribution is 0.361. The number of benzene rings is 2. The van der Waals surface area contributed by atoms with E-state index in [1.807, 2.05) is 0 Å². The first-order valence-corrected chi connectivity index (χ1v) is 21.9. The fourth-order valence-electron chi connectivity index (χ4n) is 4.95. The van der Waals surface area contributed by atoms with E-state index in [9.17, 15) is 0 Å². The molecule has 4 rings (SSSR count). The van der Waals surface area contributed by atoms with Crippen molar-refractivity contribution in [2.75, 3.05) is 0 Å². The summed E-state index contributed by atoms with van der Waals surface area (Å²) in [7, 11) is -4.17. The zero-order chi connectivity index (χ0) is 27.2. The molecule has 0 saturated heterocycles. The Morgan fingerprint density at radius 2 is 0.973 bits per heavy atom. The number of hydrogen-bond acceptors (Lipinski definition) is 2. The molecule has 0 aromatic heterocycles. The van der Waals surface area contributed by atoms with Crippen LogP contribution in [0.25, 0.3) is 12.2 Å².